The summed E-state index contributed by atoms with van der Waals surface area (Å²) in [5.74, 6) is -0.277. The van der Waals surface area contributed by atoms with Crippen molar-refractivity contribution in [2.24, 2.45) is 0 Å². The van der Waals surface area contributed by atoms with Crippen LogP contribution in [0.15, 0.2) is 29.2 Å². The fourth-order valence-electron chi connectivity index (χ4n) is 4.77. The van der Waals surface area contributed by atoms with E-state index in [4.69, 9.17) is 26.5 Å². The van der Waals surface area contributed by atoms with Crippen molar-refractivity contribution in [3.05, 3.63) is 46.2 Å². The summed E-state index contributed by atoms with van der Waals surface area (Å²) in [5, 5.41) is 15.4. The van der Waals surface area contributed by atoms with Crippen molar-refractivity contribution in [1.29, 1.82) is 5.41 Å². The normalized spacial score (nSPS) is 21.9. The van der Waals surface area contributed by atoms with Gasteiger partial charge in [0, 0.05) is 54.1 Å². The lowest BCUT2D eigenvalue weighted by atomic mass is 9.93. The van der Waals surface area contributed by atoms with E-state index in [9.17, 15) is 17.6 Å². The zero-order valence-electron chi connectivity index (χ0n) is 20.6. The molecule has 6 nitrogen and oxygen atoms in total. The summed E-state index contributed by atoms with van der Waals surface area (Å²) in [7, 11) is 1.51. The van der Waals surface area contributed by atoms with Crippen molar-refractivity contribution in [3.63, 3.8) is 0 Å². The molecule has 1 saturated heterocycles. The fourth-order valence-corrected chi connectivity index (χ4v) is 6.18. The van der Waals surface area contributed by atoms with Crippen molar-refractivity contribution >= 4 is 34.9 Å². The molecule has 2 aromatic rings. The van der Waals surface area contributed by atoms with E-state index in [2.05, 4.69) is 10.6 Å². The third-order valence-corrected chi connectivity index (χ3v) is 7.78. The summed E-state index contributed by atoms with van der Waals surface area (Å²) < 4.78 is 67.9. The van der Waals surface area contributed by atoms with Gasteiger partial charge in [-0.1, -0.05) is 17.7 Å². The largest absolute Gasteiger partial charge is 0.417 e. The molecule has 2 aliphatic rings. The summed E-state index contributed by atoms with van der Waals surface area (Å²) in [6.07, 6.45) is -4.72. The van der Waals surface area contributed by atoms with E-state index in [0.717, 1.165) is 12.1 Å². The second-order valence-electron chi connectivity index (χ2n) is 9.33. The van der Waals surface area contributed by atoms with Gasteiger partial charge in [0.05, 0.1) is 28.9 Å². The van der Waals surface area contributed by atoms with Crippen molar-refractivity contribution in [2.75, 3.05) is 44.7 Å². The highest BCUT2D eigenvalue weighted by Gasteiger charge is 2.39. The average molecular weight is 561 g/mol. The van der Waals surface area contributed by atoms with Gasteiger partial charge in [0.2, 0.25) is 0 Å². The monoisotopic (exact) mass is 560 g/mol. The van der Waals surface area contributed by atoms with E-state index in [1.807, 2.05) is 13.8 Å². The highest BCUT2D eigenvalue weighted by Crippen LogP contribution is 2.50. The van der Waals surface area contributed by atoms with Gasteiger partial charge in [0.15, 0.2) is 0 Å². The molecule has 1 fully saturated rings. The maximum atomic E-state index is 14.5. The molecule has 37 heavy (non-hydrogen) atoms. The molecule has 2 aliphatic heterocycles. The van der Waals surface area contributed by atoms with Gasteiger partial charge in [-0.05, 0) is 37.6 Å². The Labute approximate surface area is 222 Å². The predicted molar refractivity (Wildman–Crippen MR) is 138 cm³/mol. The molecule has 3 atom stereocenters. The zero-order valence-corrected chi connectivity index (χ0v) is 22.2. The average Bonchev–Trinajstić information content (AvgIpc) is 2.83. The van der Waals surface area contributed by atoms with Crippen LogP contribution < -0.4 is 10.6 Å². The Hall–Kier alpha value is -2.05. The maximum absolute atomic E-state index is 14.5. The minimum Gasteiger partial charge on any atom is -0.378 e. The summed E-state index contributed by atoms with van der Waals surface area (Å²) >= 11 is 7.21. The first-order chi connectivity index (χ1) is 17.5. The molecule has 0 bridgehead atoms. The number of benzene rings is 2. The van der Waals surface area contributed by atoms with Gasteiger partial charge in [0.1, 0.15) is 18.4 Å². The third-order valence-electron chi connectivity index (χ3n) is 6.22. The molecule has 12 heteroatoms. The lowest BCUT2D eigenvalue weighted by Gasteiger charge is -2.39. The van der Waals surface area contributed by atoms with E-state index in [1.165, 1.54) is 31.0 Å². The number of amidine groups is 1. The third kappa shape index (κ3) is 6.17. The number of thioether (sulfide) groups is 1. The first-order valence-corrected chi connectivity index (χ1v) is 13.2. The summed E-state index contributed by atoms with van der Waals surface area (Å²) in [6.45, 7) is 5.29. The first kappa shape index (κ1) is 28.0. The van der Waals surface area contributed by atoms with Gasteiger partial charge in [-0.25, -0.2) is 4.39 Å². The number of nitrogens with zero attached hydrogens (tertiary/aromatic N) is 1. The van der Waals surface area contributed by atoms with Crippen LogP contribution in [0.25, 0.3) is 11.1 Å². The number of ether oxygens (including phenoxy) is 2. The van der Waals surface area contributed by atoms with E-state index >= 15 is 0 Å². The van der Waals surface area contributed by atoms with E-state index in [1.54, 1.807) is 4.90 Å². The number of rotatable bonds is 6. The molecule has 2 aromatic carbocycles. The molecule has 4 rings (SSSR count). The number of alkyl halides is 3. The van der Waals surface area contributed by atoms with Crippen LogP contribution >= 0.6 is 23.4 Å². The Kier molecular flexibility index (Phi) is 8.59. The Morgan fingerprint density at radius 2 is 1.92 bits per heavy atom. The number of hydrogen-bond acceptors (Lipinski definition) is 6. The highest BCUT2D eigenvalue weighted by molar-refractivity contribution is 7.99. The van der Waals surface area contributed by atoms with Crippen molar-refractivity contribution in [3.8, 4) is 11.1 Å². The van der Waals surface area contributed by atoms with Crippen LogP contribution in [0.3, 0.4) is 0 Å². The number of methoxy groups -OCH3 is 1. The number of piperazine rings is 1. The molecular weight excluding hydrogens is 532 g/mol. The minimum atomic E-state index is -4.72. The van der Waals surface area contributed by atoms with E-state index in [0.29, 0.717) is 29.4 Å². The van der Waals surface area contributed by atoms with Crippen molar-refractivity contribution in [2.45, 2.75) is 43.0 Å². The molecule has 0 spiro atoms. The van der Waals surface area contributed by atoms with Crippen LogP contribution in [-0.4, -0.2) is 68.2 Å². The Morgan fingerprint density at radius 1 is 1.22 bits per heavy atom. The summed E-state index contributed by atoms with van der Waals surface area (Å²) in [5.41, 5.74) is -0.245. The van der Waals surface area contributed by atoms with E-state index in [-0.39, 0.29) is 59.1 Å². The first-order valence-electron chi connectivity index (χ1n) is 11.8. The predicted octanol–water partition coefficient (Wildman–Crippen LogP) is 5.68. The molecule has 0 unspecified atom stereocenters. The molecule has 0 amide bonds. The van der Waals surface area contributed by atoms with Gasteiger partial charge in [-0.3, -0.25) is 5.41 Å². The molecule has 3 N–H and O–H groups in total. The lowest BCUT2D eigenvalue weighted by Crippen LogP contribution is -2.56. The topological polar surface area (TPSA) is 69.6 Å². The number of nitrogens with one attached hydrogen (secondary N) is 3. The van der Waals surface area contributed by atoms with Crippen LogP contribution in [0, 0.1) is 11.2 Å². The summed E-state index contributed by atoms with van der Waals surface area (Å²) in [6, 6.07) is 4.51. The second kappa shape index (κ2) is 11.4. The number of anilines is 1. The minimum absolute atomic E-state index is 0.0113. The maximum Gasteiger partial charge on any atom is 0.417 e. The quantitative estimate of drug-likeness (QED) is 0.139. The second-order valence-corrected chi connectivity index (χ2v) is 10.8. The Bertz CT molecular complexity index is 1160. The SMILES string of the molecule is COCOC[C@H]1CSc2c(c(C(=N)N3C[C@@H](C)N[C@@H](C)C3)cc(C(F)(F)F)c2-c2ccc(F)c(Cl)c2)N1. The van der Waals surface area contributed by atoms with Gasteiger partial charge in [0.25, 0.3) is 0 Å². The molecule has 202 valence electrons. The van der Waals surface area contributed by atoms with Crippen molar-refractivity contribution in [1.82, 2.24) is 10.2 Å². The van der Waals surface area contributed by atoms with Gasteiger partial charge in [-0.2, -0.15) is 13.2 Å². The Balaban J connectivity index is 1.88. The summed E-state index contributed by atoms with van der Waals surface area (Å²) in [4.78, 5) is 2.14. The molecule has 0 aromatic heterocycles. The van der Waals surface area contributed by atoms with Gasteiger partial charge < -0.3 is 25.0 Å². The standard InChI is InChI=1S/C25H29ClF4N4O2S/c1-13-8-34(9-14(2)32-13)24(31)17-7-18(25(28,29)30)21(15-4-5-20(27)19(26)6-15)23-22(17)33-16(11-37-23)10-36-12-35-3/h4-7,13-14,16,31-33H,8-12H2,1-3H3/t13-,14+,16-/m0/s1. The fraction of sp³-hybridized carbons (Fsp3) is 0.480. The molecular formula is C25H29ClF4N4O2S. The van der Waals surface area contributed by atoms with Crippen LogP contribution in [0.5, 0.6) is 0 Å². The zero-order chi connectivity index (χ0) is 26.9. The van der Waals surface area contributed by atoms with E-state index < -0.39 is 17.6 Å². The number of halogens is 5. The Morgan fingerprint density at radius 3 is 2.54 bits per heavy atom. The lowest BCUT2D eigenvalue weighted by molar-refractivity contribution is -0.137. The number of hydrogen-bond donors (Lipinski definition) is 3. The van der Waals surface area contributed by atoms with Gasteiger partial charge >= 0.3 is 6.18 Å². The van der Waals surface area contributed by atoms with Crippen molar-refractivity contribution < 1.29 is 27.0 Å². The van der Waals surface area contributed by atoms with Gasteiger partial charge in [-0.15, -0.1) is 11.8 Å². The van der Waals surface area contributed by atoms with Crippen LogP contribution in [0.4, 0.5) is 23.2 Å². The smallest absolute Gasteiger partial charge is 0.378 e. The molecule has 2 heterocycles. The number of fused-ring (bicyclic) bond motifs is 1. The molecule has 0 saturated carbocycles. The van der Waals surface area contributed by atoms with Crippen LogP contribution in [0.1, 0.15) is 25.0 Å². The molecule has 0 radical (unpaired) electrons. The van der Waals surface area contributed by atoms with Crippen LogP contribution in [-0.2, 0) is 15.7 Å². The highest BCUT2D eigenvalue weighted by atomic mass is 35.5. The van der Waals surface area contributed by atoms with Crippen LogP contribution in [0.2, 0.25) is 5.02 Å². The molecule has 0 aliphatic carbocycles.